The highest BCUT2D eigenvalue weighted by Crippen LogP contribution is 2.27. The fraction of sp³-hybridized carbons (Fsp3) is 0.133. The zero-order valence-corrected chi connectivity index (χ0v) is 12.5. The molecule has 0 aliphatic rings. The smallest absolute Gasteiger partial charge is 0.378 e. The molecular formula is C15H15ClN5+. The van der Waals surface area contributed by atoms with Gasteiger partial charge in [0.2, 0.25) is 0 Å². The minimum Gasteiger partial charge on any atom is -0.399 e. The summed E-state index contributed by atoms with van der Waals surface area (Å²) < 4.78 is 3.94. The Morgan fingerprint density at radius 2 is 1.81 bits per heavy atom. The number of fused-ring (bicyclic) bond motifs is 1. The van der Waals surface area contributed by atoms with E-state index in [1.165, 1.54) is 0 Å². The molecule has 1 heterocycles. The molecule has 6 heteroatoms. The van der Waals surface area contributed by atoms with E-state index in [-0.39, 0.29) is 0 Å². The predicted octanol–water partition coefficient (Wildman–Crippen LogP) is 3.65. The Kier molecular flexibility index (Phi) is 3.35. The molecule has 2 aromatic carbocycles. The van der Waals surface area contributed by atoms with Crippen LogP contribution < -0.4 is 10.4 Å². The Labute approximate surface area is 127 Å². The lowest BCUT2D eigenvalue weighted by atomic mass is 10.2. The number of nitrogen functional groups attached to an aromatic ring is 1. The molecule has 5 nitrogen and oxygen atoms in total. The van der Waals surface area contributed by atoms with Crippen molar-refractivity contribution in [2.75, 3.05) is 5.73 Å². The molecule has 0 spiro atoms. The van der Waals surface area contributed by atoms with E-state index in [2.05, 4.69) is 10.2 Å². The van der Waals surface area contributed by atoms with Crippen LogP contribution in [-0.2, 0) is 14.1 Å². The zero-order valence-electron chi connectivity index (χ0n) is 11.8. The lowest BCUT2D eigenvalue weighted by Gasteiger charge is -1.94. The highest BCUT2D eigenvalue weighted by atomic mass is 35.5. The van der Waals surface area contributed by atoms with Gasteiger partial charge in [0.1, 0.15) is 18.1 Å². The molecule has 3 rings (SSSR count). The second-order valence-electron chi connectivity index (χ2n) is 4.82. The predicted molar refractivity (Wildman–Crippen MR) is 84.1 cm³/mol. The molecule has 0 bridgehead atoms. The van der Waals surface area contributed by atoms with E-state index in [4.69, 9.17) is 17.3 Å². The zero-order chi connectivity index (χ0) is 15.0. The molecule has 0 aliphatic heterocycles. The second kappa shape index (κ2) is 5.18. The number of nitrogens with two attached hydrogens (primary N) is 1. The van der Waals surface area contributed by atoms with E-state index >= 15 is 0 Å². The maximum atomic E-state index is 6.08. The summed E-state index contributed by atoms with van der Waals surface area (Å²) in [5.41, 5.74) is 8.17. The number of nitrogens with zero attached hydrogens (tertiary/aromatic N) is 4. The molecule has 1 aromatic heterocycles. The van der Waals surface area contributed by atoms with Crippen molar-refractivity contribution >= 4 is 39.7 Å². The summed E-state index contributed by atoms with van der Waals surface area (Å²) in [4.78, 5) is 0. The van der Waals surface area contributed by atoms with Crippen LogP contribution in [0.2, 0.25) is 5.02 Å². The second-order valence-corrected chi connectivity index (χ2v) is 5.26. The summed E-state index contributed by atoms with van der Waals surface area (Å²) in [6.45, 7) is 0. The fourth-order valence-electron chi connectivity index (χ4n) is 2.21. The maximum Gasteiger partial charge on any atom is 0.378 e. The van der Waals surface area contributed by atoms with Gasteiger partial charge in [-0.15, -0.1) is 0 Å². The first-order valence-corrected chi connectivity index (χ1v) is 6.85. The molecule has 0 atom stereocenters. The van der Waals surface area contributed by atoms with Crippen LogP contribution in [0.15, 0.2) is 52.7 Å². The lowest BCUT2D eigenvalue weighted by molar-refractivity contribution is -0.737. The third kappa shape index (κ3) is 2.48. The van der Waals surface area contributed by atoms with Gasteiger partial charge in [0.25, 0.3) is 0 Å². The van der Waals surface area contributed by atoms with Gasteiger partial charge < -0.3 is 5.73 Å². The van der Waals surface area contributed by atoms with Crippen molar-refractivity contribution in [1.82, 2.24) is 4.68 Å². The third-order valence-electron chi connectivity index (χ3n) is 3.46. The Morgan fingerprint density at radius 1 is 1.10 bits per heavy atom. The van der Waals surface area contributed by atoms with E-state index in [1.807, 2.05) is 53.8 Å². The van der Waals surface area contributed by atoms with Crippen molar-refractivity contribution < 1.29 is 4.68 Å². The summed E-state index contributed by atoms with van der Waals surface area (Å²) >= 11 is 6.08. The Hall–Kier alpha value is -2.40. The minimum absolute atomic E-state index is 0.678. The largest absolute Gasteiger partial charge is 0.399 e. The van der Waals surface area contributed by atoms with Crippen LogP contribution in [0.1, 0.15) is 0 Å². The summed E-state index contributed by atoms with van der Waals surface area (Å²) in [5, 5.41) is 10.3. The van der Waals surface area contributed by atoms with Crippen molar-refractivity contribution in [3.05, 3.63) is 47.5 Å². The summed E-state index contributed by atoms with van der Waals surface area (Å²) in [5.74, 6) is 0.756. The van der Waals surface area contributed by atoms with Crippen LogP contribution in [0.3, 0.4) is 0 Å². The van der Waals surface area contributed by atoms with Crippen LogP contribution in [0.4, 0.5) is 17.2 Å². The Balaban J connectivity index is 2.09. The lowest BCUT2D eigenvalue weighted by Crippen LogP contribution is -2.36. The summed E-state index contributed by atoms with van der Waals surface area (Å²) in [6.07, 6.45) is 0. The van der Waals surface area contributed by atoms with Gasteiger partial charge >= 0.3 is 5.82 Å². The average Bonchev–Trinajstić information content (AvgIpc) is 2.70. The highest BCUT2D eigenvalue weighted by molar-refractivity contribution is 6.31. The van der Waals surface area contributed by atoms with Crippen LogP contribution in [0, 0.1) is 0 Å². The van der Waals surface area contributed by atoms with Crippen molar-refractivity contribution in [3.8, 4) is 0 Å². The van der Waals surface area contributed by atoms with Crippen LogP contribution in [-0.4, -0.2) is 4.68 Å². The maximum absolute atomic E-state index is 6.08. The molecule has 106 valence electrons. The first-order valence-electron chi connectivity index (χ1n) is 6.48. The monoisotopic (exact) mass is 300 g/mol. The van der Waals surface area contributed by atoms with E-state index in [1.54, 1.807) is 12.1 Å². The normalized spacial score (nSPS) is 11.6. The van der Waals surface area contributed by atoms with Gasteiger partial charge in [0, 0.05) is 17.8 Å². The van der Waals surface area contributed by atoms with E-state index in [9.17, 15) is 0 Å². The Bertz CT molecular complexity index is 833. The summed E-state index contributed by atoms with van der Waals surface area (Å²) in [6, 6.07) is 13.0. The molecule has 21 heavy (non-hydrogen) atoms. The van der Waals surface area contributed by atoms with Crippen molar-refractivity contribution in [1.29, 1.82) is 0 Å². The molecule has 0 saturated heterocycles. The van der Waals surface area contributed by atoms with E-state index < -0.39 is 0 Å². The van der Waals surface area contributed by atoms with Gasteiger partial charge in [-0.2, -0.15) is 4.68 Å². The minimum atomic E-state index is 0.678. The number of anilines is 1. The molecule has 0 saturated carbocycles. The topological polar surface area (TPSA) is 59.6 Å². The first-order chi connectivity index (χ1) is 10.1. The SMILES string of the molecule is Cn1c2ccc(Cl)cc2c(N=Nc2ccc(N)cc2)[n+]1C. The van der Waals surface area contributed by atoms with Gasteiger partial charge in [0.05, 0.1) is 10.6 Å². The first kappa shape index (κ1) is 13.6. The number of rotatable bonds is 2. The van der Waals surface area contributed by atoms with E-state index in [0.29, 0.717) is 10.7 Å². The molecule has 0 fully saturated rings. The van der Waals surface area contributed by atoms with Gasteiger partial charge in [-0.25, -0.2) is 4.68 Å². The van der Waals surface area contributed by atoms with Gasteiger partial charge in [-0.05, 0) is 47.6 Å². The molecule has 3 aromatic rings. The van der Waals surface area contributed by atoms with Crippen LogP contribution in [0.25, 0.3) is 10.9 Å². The van der Waals surface area contributed by atoms with Gasteiger partial charge in [0.15, 0.2) is 0 Å². The quantitative estimate of drug-likeness (QED) is 0.438. The number of halogens is 1. The average molecular weight is 301 g/mol. The number of aryl methyl sites for hydroxylation is 1. The summed E-state index contributed by atoms with van der Waals surface area (Å²) in [7, 11) is 3.91. The molecule has 0 radical (unpaired) electrons. The molecule has 0 amide bonds. The molecule has 2 N–H and O–H groups in total. The van der Waals surface area contributed by atoms with Crippen molar-refractivity contribution in [2.24, 2.45) is 24.3 Å². The van der Waals surface area contributed by atoms with Gasteiger partial charge in [-0.3, -0.25) is 0 Å². The number of aromatic nitrogens is 2. The number of benzene rings is 2. The molecule has 0 aliphatic carbocycles. The molecule has 0 unspecified atom stereocenters. The molecular weight excluding hydrogens is 286 g/mol. The van der Waals surface area contributed by atoms with Crippen LogP contribution in [0.5, 0.6) is 0 Å². The van der Waals surface area contributed by atoms with Gasteiger partial charge in [-0.1, -0.05) is 11.6 Å². The standard InChI is InChI=1S/C15H14ClN5/c1-20-14-8-3-10(16)9-13(14)15(21(20)2)19-18-12-6-4-11(17)5-7-12/h3-9,17H,1-2H3/p+1. The number of hydrogen-bond acceptors (Lipinski definition) is 3. The number of hydrogen-bond donors (Lipinski definition) is 1. The van der Waals surface area contributed by atoms with Crippen LogP contribution >= 0.6 is 11.6 Å². The highest BCUT2D eigenvalue weighted by Gasteiger charge is 2.19. The fourth-order valence-corrected chi connectivity index (χ4v) is 2.38. The van der Waals surface area contributed by atoms with Crippen molar-refractivity contribution in [2.45, 2.75) is 0 Å². The third-order valence-corrected chi connectivity index (χ3v) is 3.69. The Morgan fingerprint density at radius 3 is 2.52 bits per heavy atom. The van der Waals surface area contributed by atoms with Crippen molar-refractivity contribution in [3.63, 3.8) is 0 Å². The number of azo groups is 1. The van der Waals surface area contributed by atoms with E-state index in [0.717, 1.165) is 22.4 Å².